The van der Waals surface area contributed by atoms with Gasteiger partial charge in [-0.25, -0.2) is 4.98 Å². The molecule has 0 aliphatic heterocycles. The van der Waals surface area contributed by atoms with Crippen molar-refractivity contribution in [3.63, 3.8) is 0 Å². The summed E-state index contributed by atoms with van der Waals surface area (Å²) in [7, 11) is 0. The molecule has 2 heterocycles. The predicted octanol–water partition coefficient (Wildman–Crippen LogP) is 3.76. The summed E-state index contributed by atoms with van der Waals surface area (Å²) in [6.07, 6.45) is 0. The van der Waals surface area contributed by atoms with Crippen LogP contribution in [0.2, 0.25) is 0 Å². The topological polar surface area (TPSA) is 52.0 Å². The molecule has 2 aromatic heterocycles. The number of nitrogen functional groups attached to an aromatic ring is 1. The molecule has 17 heavy (non-hydrogen) atoms. The Morgan fingerprint density at radius 1 is 1.35 bits per heavy atom. The number of fused-ring (bicyclic) bond motifs is 1. The third kappa shape index (κ3) is 2.30. The molecule has 0 radical (unpaired) electrons. The Hall–Kier alpha value is -1.46. The van der Waals surface area contributed by atoms with Gasteiger partial charge in [0.15, 0.2) is 5.58 Å². The molecule has 0 aliphatic carbocycles. The number of aromatic nitrogens is 1. The van der Waals surface area contributed by atoms with E-state index in [9.17, 15) is 0 Å². The smallest absolute Gasteiger partial charge is 0.205 e. The molecule has 0 aliphatic rings. The van der Waals surface area contributed by atoms with Crippen LogP contribution in [0.5, 0.6) is 0 Å². The predicted molar refractivity (Wildman–Crippen MR) is 72.3 cm³/mol. The van der Waals surface area contributed by atoms with E-state index in [1.54, 1.807) is 23.1 Å². The van der Waals surface area contributed by atoms with Gasteiger partial charge in [-0.1, -0.05) is 6.07 Å². The van der Waals surface area contributed by atoms with Crippen LogP contribution in [0.1, 0.15) is 5.89 Å². The molecule has 0 fully saturated rings. The van der Waals surface area contributed by atoms with Crippen LogP contribution in [-0.2, 0) is 5.75 Å². The van der Waals surface area contributed by atoms with E-state index < -0.39 is 0 Å². The Labute approximate surface area is 107 Å². The third-order valence-electron chi connectivity index (χ3n) is 2.29. The summed E-state index contributed by atoms with van der Waals surface area (Å²) in [4.78, 5) is 4.41. The Morgan fingerprint density at radius 2 is 2.29 bits per heavy atom. The molecule has 1 aromatic carbocycles. The van der Waals surface area contributed by atoms with Gasteiger partial charge in [0.2, 0.25) is 5.89 Å². The second-order valence-corrected chi connectivity index (χ2v) is 5.78. The van der Waals surface area contributed by atoms with Crippen molar-refractivity contribution in [1.82, 2.24) is 4.98 Å². The lowest BCUT2D eigenvalue weighted by atomic mass is 10.3. The minimum Gasteiger partial charge on any atom is -0.440 e. The Kier molecular flexibility index (Phi) is 2.78. The Bertz CT molecular complexity index is 631. The minimum atomic E-state index is 0.711. The molecule has 0 saturated heterocycles. The lowest BCUT2D eigenvalue weighted by Gasteiger charge is -1.91. The van der Waals surface area contributed by atoms with Crippen molar-refractivity contribution in [1.29, 1.82) is 0 Å². The number of benzene rings is 1. The number of oxazole rings is 1. The fourth-order valence-electron chi connectivity index (χ4n) is 1.53. The number of nitrogens with zero attached hydrogens (tertiary/aromatic N) is 1. The molecule has 86 valence electrons. The summed E-state index contributed by atoms with van der Waals surface area (Å²) in [5, 5.41) is 2.06. The maximum Gasteiger partial charge on any atom is 0.205 e. The number of nitrogens with two attached hydrogens (primary N) is 1. The van der Waals surface area contributed by atoms with Gasteiger partial charge in [0.1, 0.15) is 5.52 Å². The first kappa shape index (κ1) is 10.7. The summed E-state index contributed by atoms with van der Waals surface area (Å²) in [6.45, 7) is 0. The van der Waals surface area contributed by atoms with Gasteiger partial charge in [-0.05, 0) is 29.6 Å². The first-order chi connectivity index (χ1) is 8.31. The summed E-state index contributed by atoms with van der Waals surface area (Å²) >= 11 is 3.46. The number of anilines is 1. The van der Waals surface area contributed by atoms with Crippen LogP contribution < -0.4 is 5.73 Å². The molecule has 5 heteroatoms. The molecular weight excluding hydrogens is 252 g/mol. The highest BCUT2D eigenvalue weighted by atomic mass is 32.2. The van der Waals surface area contributed by atoms with Gasteiger partial charge in [0.05, 0.1) is 9.96 Å². The van der Waals surface area contributed by atoms with Crippen molar-refractivity contribution in [3.05, 3.63) is 41.6 Å². The third-order valence-corrected chi connectivity index (χ3v) is 4.40. The van der Waals surface area contributed by atoms with E-state index in [0.29, 0.717) is 5.69 Å². The highest BCUT2D eigenvalue weighted by Gasteiger charge is 2.06. The molecule has 3 aromatic rings. The standard InChI is InChI=1S/C12H10N2OS2/c13-8-3-4-10-9(6-8)14-11(15-10)7-17-12-2-1-5-16-12/h1-6H,7,13H2. The van der Waals surface area contributed by atoms with Crippen molar-refractivity contribution in [3.8, 4) is 0 Å². The number of rotatable bonds is 3. The van der Waals surface area contributed by atoms with Gasteiger partial charge < -0.3 is 10.2 Å². The number of thioether (sulfide) groups is 1. The summed E-state index contributed by atoms with van der Waals surface area (Å²) in [5.74, 6) is 1.48. The second-order valence-electron chi connectivity index (χ2n) is 3.56. The van der Waals surface area contributed by atoms with Crippen LogP contribution >= 0.6 is 23.1 Å². The van der Waals surface area contributed by atoms with Crippen LogP contribution in [-0.4, -0.2) is 4.98 Å². The van der Waals surface area contributed by atoms with E-state index in [1.165, 1.54) is 4.21 Å². The van der Waals surface area contributed by atoms with E-state index >= 15 is 0 Å². The highest BCUT2D eigenvalue weighted by molar-refractivity contribution is 8.00. The summed E-state index contributed by atoms with van der Waals surface area (Å²) in [5.41, 5.74) is 8.03. The normalized spacial score (nSPS) is 11.1. The lowest BCUT2D eigenvalue weighted by Crippen LogP contribution is -1.82. The van der Waals surface area contributed by atoms with Gasteiger partial charge in [-0.3, -0.25) is 0 Å². The van der Waals surface area contributed by atoms with Gasteiger partial charge in [0, 0.05) is 5.69 Å². The zero-order valence-electron chi connectivity index (χ0n) is 8.92. The second kappa shape index (κ2) is 4.43. The van der Waals surface area contributed by atoms with E-state index in [1.807, 2.05) is 24.3 Å². The molecule has 0 amide bonds. The lowest BCUT2D eigenvalue weighted by molar-refractivity contribution is 0.556. The van der Waals surface area contributed by atoms with Crippen LogP contribution in [0.25, 0.3) is 11.1 Å². The number of hydrogen-bond acceptors (Lipinski definition) is 5. The van der Waals surface area contributed by atoms with Crippen molar-refractivity contribution in [2.45, 2.75) is 9.96 Å². The molecule has 0 bridgehead atoms. The van der Waals surface area contributed by atoms with Gasteiger partial charge >= 0.3 is 0 Å². The molecule has 3 rings (SSSR count). The van der Waals surface area contributed by atoms with Gasteiger partial charge in [-0.15, -0.1) is 23.1 Å². The monoisotopic (exact) mass is 262 g/mol. The summed E-state index contributed by atoms with van der Waals surface area (Å²) < 4.78 is 6.91. The zero-order valence-corrected chi connectivity index (χ0v) is 10.6. The maximum absolute atomic E-state index is 5.70. The maximum atomic E-state index is 5.70. The Morgan fingerprint density at radius 3 is 3.12 bits per heavy atom. The quantitative estimate of drug-likeness (QED) is 0.576. The number of thiophene rings is 1. The van der Waals surface area contributed by atoms with Crippen LogP contribution in [0.3, 0.4) is 0 Å². The number of hydrogen-bond donors (Lipinski definition) is 1. The molecule has 2 N–H and O–H groups in total. The molecule has 0 unspecified atom stereocenters. The first-order valence-corrected chi connectivity index (χ1v) is 6.99. The molecule has 3 nitrogen and oxygen atoms in total. The van der Waals surface area contributed by atoms with E-state index in [2.05, 4.69) is 16.4 Å². The molecule has 0 atom stereocenters. The minimum absolute atomic E-state index is 0.711. The first-order valence-electron chi connectivity index (χ1n) is 5.12. The Balaban J connectivity index is 1.81. The van der Waals surface area contributed by atoms with Crippen molar-refractivity contribution in [2.24, 2.45) is 0 Å². The average molecular weight is 262 g/mol. The molecule has 0 saturated carbocycles. The summed E-state index contributed by atoms with van der Waals surface area (Å²) in [6, 6.07) is 9.65. The van der Waals surface area contributed by atoms with Gasteiger partial charge in [0.25, 0.3) is 0 Å². The largest absolute Gasteiger partial charge is 0.440 e. The fraction of sp³-hybridized carbons (Fsp3) is 0.0833. The van der Waals surface area contributed by atoms with Crippen LogP contribution in [0.4, 0.5) is 5.69 Å². The van der Waals surface area contributed by atoms with Crippen molar-refractivity contribution >= 4 is 39.9 Å². The van der Waals surface area contributed by atoms with E-state index in [4.69, 9.17) is 10.2 Å². The van der Waals surface area contributed by atoms with Crippen LogP contribution in [0, 0.1) is 0 Å². The highest BCUT2D eigenvalue weighted by Crippen LogP contribution is 2.28. The SMILES string of the molecule is Nc1ccc2oc(CSc3cccs3)nc2c1. The van der Waals surface area contributed by atoms with Gasteiger partial charge in [-0.2, -0.15) is 0 Å². The zero-order chi connectivity index (χ0) is 11.7. The molecular formula is C12H10N2OS2. The average Bonchev–Trinajstić information content (AvgIpc) is 2.94. The van der Waals surface area contributed by atoms with Crippen molar-refractivity contribution < 1.29 is 4.42 Å². The molecule has 0 spiro atoms. The van der Waals surface area contributed by atoms with E-state index in [0.717, 1.165) is 22.7 Å². The fourth-order valence-corrected chi connectivity index (χ4v) is 3.16. The van der Waals surface area contributed by atoms with E-state index in [-0.39, 0.29) is 0 Å². The van der Waals surface area contributed by atoms with Crippen LogP contribution in [0.15, 0.2) is 44.3 Å². The van der Waals surface area contributed by atoms with Crippen molar-refractivity contribution in [2.75, 3.05) is 5.73 Å².